The lowest BCUT2D eigenvalue weighted by atomic mass is 10.1. The zero-order chi connectivity index (χ0) is 15.5. The molecular weight excluding hydrogens is 306 g/mol. The summed E-state index contributed by atoms with van der Waals surface area (Å²) in [5, 5.41) is 18.4. The van der Waals surface area contributed by atoms with Gasteiger partial charge < -0.3 is 19.6 Å². The average molecular weight is 317 g/mol. The number of hydrogen-bond acceptors (Lipinski definition) is 7. The molecule has 0 spiro atoms. The zero-order valence-corrected chi connectivity index (χ0v) is 12.1. The van der Waals surface area contributed by atoms with Gasteiger partial charge in [0.1, 0.15) is 11.6 Å². The van der Waals surface area contributed by atoms with Crippen molar-refractivity contribution in [2.75, 3.05) is 19.2 Å². The van der Waals surface area contributed by atoms with Crippen LogP contribution in [0, 0.1) is 11.3 Å². The molecule has 1 aromatic carbocycles. The maximum Gasteiger partial charge on any atom is 0.270 e. The summed E-state index contributed by atoms with van der Waals surface area (Å²) in [6.07, 6.45) is 0. The highest BCUT2D eigenvalue weighted by atomic mass is 32.2. The lowest BCUT2D eigenvalue weighted by Gasteiger charge is -2.07. The minimum Gasteiger partial charge on any atom is -0.454 e. The van der Waals surface area contributed by atoms with Crippen LogP contribution in [0.5, 0.6) is 11.5 Å². The summed E-state index contributed by atoms with van der Waals surface area (Å²) in [6.45, 7) is 0.109. The van der Waals surface area contributed by atoms with E-state index in [1.54, 1.807) is 18.2 Å². The highest BCUT2D eigenvalue weighted by Crippen LogP contribution is 2.36. The number of aromatic nitrogens is 2. The predicted molar refractivity (Wildman–Crippen MR) is 78.9 cm³/mol. The molecule has 8 heteroatoms. The van der Waals surface area contributed by atoms with Gasteiger partial charge >= 0.3 is 0 Å². The van der Waals surface area contributed by atoms with E-state index in [4.69, 9.17) is 14.6 Å². The summed E-state index contributed by atoms with van der Waals surface area (Å²) in [6, 6.07) is 6.99. The Bertz CT molecular complexity index is 813. The van der Waals surface area contributed by atoms with Crippen LogP contribution >= 0.6 is 11.8 Å². The number of nitriles is 1. The Morgan fingerprint density at radius 2 is 2.23 bits per heavy atom. The van der Waals surface area contributed by atoms with Gasteiger partial charge in [0.2, 0.25) is 6.79 Å². The van der Waals surface area contributed by atoms with Crippen LogP contribution in [-0.4, -0.2) is 34.2 Å². The minimum atomic E-state index is -0.509. The summed E-state index contributed by atoms with van der Waals surface area (Å²) in [5.41, 5.74) is 0.306. The van der Waals surface area contributed by atoms with Crippen molar-refractivity contribution < 1.29 is 14.6 Å². The first-order valence-corrected chi connectivity index (χ1v) is 7.39. The number of fused-ring (bicyclic) bond motifs is 1. The molecule has 2 heterocycles. The number of ether oxygens (including phenoxy) is 2. The second-order valence-electron chi connectivity index (χ2n) is 4.35. The number of aliphatic hydroxyl groups is 1. The van der Waals surface area contributed by atoms with Gasteiger partial charge in [-0.05, 0) is 18.2 Å². The van der Waals surface area contributed by atoms with Crippen LogP contribution in [0.2, 0.25) is 0 Å². The van der Waals surface area contributed by atoms with Crippen LogP contribution in [0.15, 0.2) is 28.2 Å². The predicted octanol–water partition coefficient (Wildman–Crippen LogP) is 1.12. The molecule has 7 nitrogen and oxygen atoms in total. The normalized spacial score (nSPS) is 12.2. The average Bonchev–Trinajstić information content (AvgIpc) is 2.99. The SMILES string of the molecule is N#Cc1c(-c2ccc3c(c2)OCO3)nc(SCCO)[nH]c1=O. The summed E-state index contributed by atoms with van der Waals surface area (Å²) < 4.78 is 10.5. The van der Waals surface area contributed by atoms with Crippen molar-refractivity contribution in [1.82, 2.24) is 9.97 Å². The summed E-state index contributed by atoms with van der Waals surface area (Å²) in [4.78, 5) is 18.9. The fourth-order valence-electron chi connectivity index (χ4n) is 2.02. The van der Waals surface area contributed by atoms with Crippen LogP contribution in [-0.2, 0) is 0 Å². The summed E-state index contributed by atoms with van der Waals surface area (Å²) in [7, 11) is 0. The summed E-state index contributed by atoms with van der Waals surface area (Å²) >= 11 is 1.21. The number of aliphatic hydroxyl groups excluding tert-OH is 1. The number of rotatable bonds is 4. The monoisotopic (exact) mass is 317 g/mol. The van der Waals surface area contributed by atoms with E-state index in [1.165, 1.54) is 11.8 Å². The fraction of sp³-hybridized carbons (Fsp3) is 0.214. The molecule has 0 fully saturated rings. The third-order valence-corrected chi connectivity index (χ3v) is 3.84. The zero-order valence-electron chi connectivity index (χ0n) is 11.3. The number of nitrogens with zero attached hydrogens (tertiary/aromatic N) is 2. The molecule has 1 aliphatic heterocycles. The van der Waals surface area contributed by atoms with E-state index in [9.17, 15) is 10.1 Å². The van der Waals surface area contributed by atoms with Crippen molar-refractivity contribution in [1.29, 1.82) is 5.26 Å². The van der Waals surface area contributed by atoms with Crippen molar-refractivity contribution in [2.24, 2.45) is 0 Å². The molecule has 0 aliphatic carbocycles. The maximum atomic E-state index is 12.0. The molecule has 112 valence electrons. The highest BCUT2D eigenvalue weighted by Gasteiger charge is 2.18. The molecule has 1 aromatic heterocycles. The number of nitrogens with one attached hydrogen (secondary N) is 1. The lowest BCUT2D eigenvalue weighted by molar-refractivity contribution is 0.174. The molecule has 0 unspecified atom stereocenters. The quantitative estimate of drug-likeness (QED) is 0.642. The van der Waals surface area contributed by atoms with Crippen LogP contribution in [0.1, 0.15) is 5.56 Å². The number of H-pyrrole nitrogens is 1. The number of aromatic amines is 1. The summed E-state index contributed by atoms with van der Waals surface area (Å²) in [5.74, 6) is 1.56. The van der Waals surface area contributed by atoms with E-state index >= 15 is 0 Å². The third-order valence-electron chi connectivity index (χ3n) is 2.99. The van der Waals surface area contributed by atoms with Gasteiger partial charge in [-0.15, -0.1) is 0 Å². The van der Waals surface area contributed by atoms with E-state index in [2.05, 4.69) is 9.97 Å². The number of hydrogen-bond donors (Lipinski definition) is 2. The van der Waals surface area contributed by atoms with Gasteiger partial charge in [-0.1, -0.05) is 11.8 Å². The molecule has 2 aromatic rings. The van der Waals surface area contributed by atoms with Crippen molar-refractivity contribution in [3.8, 4) is 28.8 Å². The molecule has 0 atom stereocenters. The van der Waals surface area contributed by atoms with Gasteiger partial charge in [-0.25, -0.2) is 4.98 Å². The molecule has 0 radical (unpaired) electrons. The molecule has 0 saturated carbocycles. The second-order valence-corrected chi connectivity index (χ2v) is 5.43. The van der Waals surface area contributed by atoms with E-state index in [0.717, 1.165) is 0 Å². The van der Waals surface area contributed by atoms with E-state index in [-0.39, 0.29) is 24.7 Å². The third kappa shape index (κ3) is 2.64. The molecule has 0 amide bonds. The van der Waals surface area contributed by atoms with Crippen LogP contribution in [0.3, 0.4) is 0 Å². The Morgan fingerprint density at radius 1 is 1.41 bits per heavy atom. The van der Waals surface area contributed by atoms with Gasteiger partial charge in [-0.2, -0.15) is 5.26 Å². The van der Waals surface area contributed by atoms with Crippen molar-refractivity contribution >= 4 is 11.8 Å². The highest BCUT2D eigenvalue weighted by molar-refractivity contribution is 7.99. The van der Waals surface area contributed by atoms with Gasteiger partial charge in [0.15, 0.2) is 16.7 Å². The minimum absolute atomic E-state index is 0.0340. The van der Waals surface area contributed by atoms with Gasteiger partial charge in [0.05, 0.1) is 12.3 Å². The Balaban J connectivity index is 2.10. The number of benzene rings is 1. The molecular formula is C14H11N3O4S. The molecule has 1 aliphatic rings. The first kappa shape index (κ1) is 14.4. The Labute approximate surface area is 129 Å². The van der Waals surface area contributed by atoms with Crippen molar-refractivity contribution in [2.45, 2.75) is 5.16 Å². The van der Waals surface area contributed by atoms with Crippen molar-refractivity contribution in [3.63, 3.8) is 0 Å². The second kappa shape index (κ2) is 6.09. The molecule has 22 heavy (non-hydrogen) atoms. The van der Waals surface area contributed by atoms with Crippen molar-refractivity contribution in [3.05, 3.63) is 34.1 Å². The van der Waals surface area contributed by atoms with Gasteiger partial charge in [-0.3, -0.25) is 4.79 Å². The fourth-order valence-corrected chi connectivity index (χ4v) is 2.63. The number of thioether (sulfide) groups is 1. The smallest absolute Gasteiger partial charge is 0.270 e. The van der Waals surface area contributed by atoms with Crippen LogP contribution < -0.4 is 15.0 Å². The van der Waals surface area contributed by atoms with E-state index in [1.807, 2.05) is 6.07 Å². The first-order chi connectivity index (χ1) is 10.7. The van der Waals surface area contributed by atoms with Crippen LogP contribution in [0.4, 0.5) is 0 Å². The largest absolute Gasteiger partial charge is 0.454 e. The lowest BCUT2D eigenvalue weighted by Crippen LogP contribution is -2.15. The molecule has 0 saturated heterocycles. The van der Waals surface area contributed by atoms with Gasteiger partial charge in [0.25, 0.3) is 5.56 Å². The Hall–Kier alpha value is -2.50. The molecule has 3 rings (SSSR count). The van der Waals surface area contributed by atoms with Crippen LogP contribution in [0.25, 0.3) is 11.3 Å². The van der Waals surface area contributed by atoms with E-state index in [0.29, 0.717) is 28.0 Å². The first-order valence-electron chi connectivity index (χ1n) is 6.41. The Morgan fingerprint density at radius 3 is 3.00 bits per heavy atom. The van der Waals surface area contributed by atoms with Gasteiger partial charge in [0, 0.05) is 11.3 Å². The Kier molecular flexibility index (Phi) is 4.00. The molecule has 2 N–H and O–H groups in total. The standard InChI is InChI=1S/C14H11N3O4S/c15-6-9-12(16-14(17-13(9)19)22-4-3-18)8-1-2-10-11(5-8)21-7-20-10/h1-2,5,18H,3-4,7H2,(H,16,17,19). The molecule has 0 bridgehead atoms. The maximum absolute atomic E-state index is 12.0. The van der Waals surface area contributed by atoms with E-state index < -0.39 is 5.56 Å². The topological polar surface area (TPSA) is 108 Å².